The van der Waals surface area contributed by atoms with Gasteiger partial charge in [0.05, 0.1) is 5.56 Å². The van der Waals surface area contributed by atoms with Gasteiger partial charge in [-0.05, 0) is 28.3 Å². The van der Waals surface area contributed by atoms with E-state index in [0.29, 0.717) is 5.56 Å². The second kappa shape index (κ2) is 18.4. The highest BCUT2D eigenvalue weighted by atomic mass is 16.3. The molecule has 0 bridgehead atoms. The van der Waals surface area contributed by atoms with Gasteiger partial charge in [0.1, 0.15) is 160 Å². The Morgan fingerprint density at radius 1 is 0.280 bits per heavy atom. The van der Waals surface area contributed by atoms with E-state index in [4.69, 9.17) is 168 Å². The molecular formula is C51H13B19N4O. The molecule has 0 unspecified atom stereocenters. The topological polar surface area (TPSA) is 56.7 Å². The number of benzene rings is 8. The van der Waals surface area contributed by atoms with Gasteiger partial charge in [0, 0.05) is 49.4 Å². The lowest BCUT2D eigenvalue weighted by Gasteiger charge is -2.25. The number of aromatic nitrogens is 4. The average Bonchev–Trinajstić information content (AvgIpc) is 4.05. The lowest BCUT2D eigenvalue weighted by atomic mass is 9.61. The molecule has 11 rings (SSSR count). The van der Waals surface area contributed by atoms with Crippen LogP contribution in [0.5, 0.6) is 0 Å². The Hall–Kier alpha value is -6.40. The summed E-state index contributed by atoms with van der Waals surface area (Å²) in [6.07, 6.45) is 0. The maximum absolute atomic E-state index is 7.12. The lowest BCUT2D eigenvalue weighted by Crippen LogP contribution is -2.56. The van der Waals surface area contributed by atoms with Crippen LogP contribution >= 0.6 is 0 Å². The van der Waals surface area contributed by atoms with E-state index in [9.17, 15) is 0 Å². The van der Waals surface area contributed by atoms with E-state index >= 15 is 0 Å². The largest absolute Gasteiger partial charge is 0.456 e. The van der Waals surface area contributed by atoms with Crippen LogP contribution < -0.4 is 104 Å². The molecule has 0 spiro atoms. The molecule has 0 aliphatic heterocycles. The Labute approximate surface area is 458 Å². The number of furan rings is 1. The molecule has 0 saturated carbocycles. The zero-order chi connectivity index (χ0) is 53.5. The van der Waals surface area contributed by atoms with E-state index < -0.39 is 0 Å². The highest BCUT2D eigenvalue weighted by molar-refractivity contribution is 6.72. The summed E-state index contributed by atoms with van der Waals surface area (Å²) in [7, 11) is 127. The fourth-order valence-corrected chi connectivity index (χ4v) is 9.88. The quantitative estimate of drug-likeness (QED) is 0.156. The van der Waals surface area contributed by atoms with Crippen molar-refractivity contribution in [1.29, 1.82) is 0 Å². The van der Waals surface area contributed by atoms with E-state index in [1.54, 1.807) is 0 Å². The molecular weight excluding hydrogens is 890 g/mol. The Balaban J connectivity index is 1.28. The maximum Gasteiger partial charge on any atom is 0.167 e. The molecule has 3 heterocycles. The molecule has 11 aromatic rings. The molecule has 300 valence electrons. The summed E-state index contributed by atoms with van der Waals surface area (Å²) >= 11 is 0. The summed E-state index contributed by atoms with van der Waals surface area (Å²) < 4.78 is 7.98. The van der Waals surface area contributed by atoms with E-state index in [2.05, 4.69) is 6.07 Å². The monoisotopic (exact) mass is 906 g/mol. The molecule has 75 heavy (non-hydrogen) atoms. The minimum absolute atomic E-state index is 0.0000620. The highest BCUT2D eigenvalue weighted by Crippen LogP contribution is 2.37. The smallest absolute Gasteiger partial charge is 0.167 e. The van der Waals surface area contributed by atoms with E-state index in [1.807, 2.05) is 72.8 Å². The Morgan fingerprint density at radius 2 is 0.667 bits per heavy atom. The molecule has 0 fully saturated rings. The molecule has 0 aliphatic rings. The standard InChI is InChI=1S/C51H13B19N4O/c52-25-20-19-23(28(55)33(60)39(66)44(19)74(45(20)40(67)35(62)31(25)58)46-41(68)36(63)34(61)37(64)42(46)69)50-71-49(16-11-9-15(10-12-16)18-8-4-7-17(13-18)14-5-2-1-3-6-14)72-51(73-50)24-29(56)30(57)26(53)21-22-27(54)32(59)38(65)43(70)48(22)75-47(21)24/h1-13H. The fraction of sp³-hybridized carbons (Fsp3) is 0. The number of fused-ring (bicyclic) bond motifs is 6. The summed E-state index contributed by atoms with van der Waals surface area (Å²) in [5.74, 6) is -0.154. The molecule has 3 aromatic heterocycles. The van der Waals surface area contributed by atoms with Crippen LogP contribution in [0, 0.1) is 0 Å². The molecule has 0 atom stereocenters. The molecule has 24 heteroatoms. The molecule has 38 radical (unpaired) electrons. The van der Waals surface area contributed by atoms with Crippen LogP contribution in [0.2, 0.25) is 0 Å². The summed E-state index contributed by atoms with van der Waals surface area (Å²) in [5.41, 5.74) is 3.40. The van der Waals surface area contributed by atoms with Crippen molar-refractivity contribution in [3.05, 3.63) is 78.9 Å². The highest BCUT2D eigenvalue weighted by Gasteiger charge is 2.30. The van der Waals surface area contributed by atoms with Crippen LogP contribution in [0.15, 0.2) is 83.3 Å². The number of hydrogen-bond acceptors (Lipinski definition) is 4. The summed E-state index contributed by atoms with van der Waals surface area (Å²) in [6.45, 7) is 0. The normalized spacial score (nSPS) is 11.7. The van der Waals surface area contributed by atoms with Gasteiger partial charge < -0.3 is 8.98 Å². The predicted molar refractivity (Wildman–Crippen MR) is 331 cm³/mol. The van der Waals surface area contributed by atoms with Crippen LogP contribution in [0.25, 0.3) is 106 Å². The van der Waals surface area contributed by atoms with Crippen LogP contribution in [-0.2, 0) is 0 Å². The molecule has 0 amide bonds. The molecule has 8 aromatic carbocycles. The Kier molecular flexibility index (Phi) is 12.5. The van der Waals surface area contributed by atoms with Gasteiger partial charge in [0.2, 0.25) is 0 Å². The zero-order valence-corrected chi connectivity index (χ0v) is 39.7. The van der Waals surface area contributed by atoms with Gasteiger partial charge in [-0.15, -0.1) is 49.2 Å². The van der Waals surface area contributed by atoms with Gasteiger partial charge in [-0.3, -0.25) is 0 Å². The molecule has 0 N–H and O–H groups in total. The van der Waals surface area contributed by atoms with Gasteiger partial charge in [0.25, 0.3) is 0 Å². The third-order valence-electron chi connectivity index (χ3n) is 14.0. The van der Waals surface area contributed by atoms with Crippen molar-refractivity contribution in [3.8, 4) is 62.1 Å². The minimum Gasteiger partial charge on any atom is -0.456 e. The van der Waals surface area contributed by atoms with Crippen molar-refractivity contribution >= 4 is 297 Å². The molecule has 5 nitrogen and oxygen atoms in total. The predicted octanol–water partition coefficient (Wildman–Crippen LogP) is -9.71. The fourth-order valence-electron chi connectivity index (χ4n) is 9.88. The maximum atomic E-state index is 7.12. The summed E-state index contributed by atoms with van der Waals surface area (Å²) in [4.78, 5) is 15.2. The zero-order valence-electron chi connectivity index (χ0n) is 39.7. The van der Waals surface area contributed by atoms with Crippen LogP contribution in [-0.4, -0.2) is 169 Å². The average molecular weight is 903 g/mol. The number of rotatable bonds is 6. The second-order valence-corrected chi connectivity index (χ2v) is 18.1. The SMILES string of the molecule is [B]c1c([B])c([B])c(-n2c3c([B])c([B])c([B])c([B])c3c3c(-c4nc(-c5ccc(-c6cccc(-c7ccccc7)c6)cc5)nc(-c5c([B])c([B])c([B])c6c5oc5c([B])c([B])c([B])c([B])c56)n4)c([B])c([B])c([B])c32)c([B])c1[B]. The number of nitrogens with zero attached hydrogens (tertiary/aromatic N) is 4. The second-order valence-electron chi connectivity index (χ2n) is 18.1. The van der Waals surface area contributed by atoms with Gasteiger partial charge in [-0.1, -0.05) is 127 Å². The lowest BCUT2D eigenvalue weighted by molar-refractivity contribution is 0.673. The Morgan fingerprint density at radius 3 is 1.25 bits per heavy atom. The molecule has 0 saturated heterocycles. The van der Waals surface area contributed by atoms with E-state index in [0.717, 1.165) is 22.3 Å². The van der Waals surface area contributed by atoms with Crippen molar-refractivity contribution in [2.24, 2.45) is 0 Å². The van der Waals surface area contributed by atoms with Crippen molar-refractivity contribution in [2.75, 3.05) is 0 Å². The van der Waals surface area contributed by atoms with Crippen LogP contribution in [0.1, 0.15) is 0 Å². The van der Waals surface area contributed by atoms with Crippen LogP contribution in [0.3, 0.4) is 0 Å². The van der Waals surface area contributed by atoms with Crippen molar-refractivity contribution in [3.63, 3.8) is 0 Å². The first-order valence-electron chi connectivity index (χ1n) is 22.7. The van der Waals surface area contributed by atoms with Crippen molar-refractivity contribution < 1.29 is 4.42 Å². The minimum atomic E-state index is -0.143. The summed E-state index contributed by atoms with van der Waals surface area (Å²) in [5, 5.41) is 0.722. The third kappa shape index (κ3) is 7.45. The van der Waals surface area contributed by atoms with Gasteiger partial charge in [-0.25, -0.2) is 15.0 Å². The summed E-state index contributed by atoms with van der Waals surface area (Å²) in [6, 6.07) is 25.7. The van der Waals surface area contributed by atoms with Gasteiger partial charge in [0.15, 0.2) is 17.5 Å². The van der Waals surface area contributed by atoms with Crippen molar-refractivity contribution in [1.82, 2.24) is 19.5 Å². The first-order chi connectivity index (χ1) is 35.7. The first kappa shape index (κ1) is 50.7. The number of hydrogen-bond donors (Lipinski definition) is 0. The van der Waals surface area contributed by atoms with Crippen molar-refractivity contribution in [2.45, 2.75) is 0 Å². The van der Waals surface area contributed by atoms with Gasteiger partial charge >= 0.3 is 0 Å². The van der Waals surface area contributed by atoms with E-state index in [-0.39, 0.29) is 182 Å². The Bertz CT molecular complexity index is 4320. The third-order valence-corrected chi connectivity index (χ3v) is 14.0. The first-order valence-corrected chi connectivity index (χ1v) is 22.7. The van der Waals surface area contributed by atoms with Gasteiger partial charge in [-0.2, -0.15) is 0 Å². The van der Waals surface area contributed by atoms with E-state index in [1.165, 1.54) is 4.57 Å². The van der Waals surface area contributed by atoms with Crippen LogP contribution in [0.4, 0.5) is 0 Å². The molecule has 0 aliphatic carbocycles.